The average molecular weight is 297 g/mol. The number of aliphatic hydroxyl groups excluding tert-OH is 2. The lowest BCUT2D eigenvalue weighted by molar-refractivity contribution is -0.0123. The Balaban J connectivity index is 2.13. The second-order valence-electron chi connectivity index (χ2n) is 5.53. The van der Waals surface area contributed by atoms with E-state index in [1.165, 1.54) is 19.3 Å². The molecule has 0 aromatic carbocycles. The molecule has 1 rings (SSSR count). The molecule has 0 bridgehead atoms. The lowest BCUT2D eigenvalue weighted by Gasteiger charge is -2.18. The lowest BCUT2D eigenvalue weighted by atomic mass is 10.0. The van der Waals surface area contributed by atoms with E-state index in [2.05, 4.69) is 13.8 Å². The molecule has 0 saturated heterocycles. The summed E-state index contributed by atoms with van der Waals surface area (Å²) in [6.45, 7) is 5.54. The summed E-state index contributed by atoms with van der Waals surface area (Å²) in [5.74, 6) is 1.39. The molecule has 0 aromatic rings. The molecule has 0 saturated carbocycles. The number of ether oxygens (including phenoxy) is 2. The van der Waals surface area contributed by atoms with Crippen molar-refractivity contribution in [3.63, 3.8) is 0 Å². The summed E-state index contributed by atoms with van der Waals surface area (Å²) in [6, 6.07) is 0. The molecule has 1 aliphatic rings. The van der Waals surface area contributed by atoms with Crippen LogP contribution in [0.1, 0.15) is 46.0 Å². The fraction of sp³-hybridized carbons (Fsp3) is 0.706. The van der Waals surface area contributed by atoms with E-state index >= 15 is 0 Å². The van der Waals surface area contributed by atoms with Crippen molar-refractivity contribution < 1.29 is 19.7 Å². The van der Waals surface area contributed by atoms with E-state index in [0.29, 0.717) is 24.7 Å². The van der Waals surface area contributed by atoms with Crippen molar-refractivity contribution >= 4 is 0 Å². The quantitative estimate of drug-likeness (QED) is 0.612. The maximum Gasteiger partial charge on any atom is 0.118 e. The molecule has 0 amide bonds. The number of hydrogen-bond donors (Lipinski definition) is 2. The minimum atomic E-state index is -0.643. The summed E-state index contributed by atoms with van der Waals surface area (Å²) in [6.07, 6.45) is 9.87. The largest absolute Gasteiger partial charge is 0.512 e. The second kappa shape index (κ2) is 10.7. The predicted octanol–water partition coefficient (Wildman–Crippen LogP) is 3.53. The van der Waals surface area contributed by atoms with Gasteiger partial charge in [0.2, 0.25) is 0 Å². The van der Waals surface area contributed by atoms with Gasteiger partial charge in [-0.05, 0) is 24.8 Å². The first-order valence-corrected chi connectivity index (χ1v) is 7.98. The molecular formula is C17H29O4. The molecule has 1 radical (unpaired) electrons. The second-order valence-corrected chi connectivity index (χ2v) is 5.53. The van der Waals surface area contributed by atoms with Crippen LogP contribution >= 0.6 is 0 Å². The van der Waals surface area contributed by atoms with E-state index in [4.69, 9.17) is 9.47 Å². The van der Waals surface area contributed by atoms with E-state index in [1.54, 1.807) is 12.5 Å². The lowest BCUT2D eigenvalue weighted by Crippen LogP contribution is -2.23. The van der Waals surface area contributed by atoms with Crippen LogP contribution in [0.4, 0.5) is 0 Å². The van der Waals surface area contributed by atoms with Gasteiger partial charge < -0.3 is 19.7 Å². The summed E-state index contributed by atoms with van der Waals surface area (Å²) in [4.78, 5) is 0. The van der Waals surface area contributed by atoms with Gasteiger partial charge in [-0.3, -0.25) is 0 Å². The minimum absolute atomic E-state index is 0.182. The molecule has 4 heteroatoms. The van der Waals surface area contributed by atoms with Crippen molar-refractivity contribution in [3.05, 3.63) is 30.1 Å². The highest BCUT2D eigenvalue weighted by molar-refractivity contribution is 5.25. The smallest absolute Gasteiger partial charge is 0.118 e. The van der Waals surface area contributed by atoms with Crippen LogP contribution < -0.4 is 0 Å². The van der Waals surface area contributed by atoms with Crippen molar-refractivity contribution in [2.24, 2.45) is 5.92 Å². The van der Waals surface area contributed by atoms with Crippen LogP contribution in [0.25, 0.3) is 0 Å². The van der Waals surface area contributed by atoms with E-state index in [0.717, 1.165) is 6.42 Å². The Hall–Kier alpha value is -1.00. The number of allylic oxidation sites excluding steroid dienone is 3. The third kappa shape index (κ3) is 8.12. The Morgan fingerprint density at radius 2 is 2.05 bits per heavy atom. The van der Waals surface area contributed by atoms with Crippen LogP contribution in [0.2, 0.25) is 0 Å². The minimum Gasteiger partial charge on any atom is -0.512 e. The maximum absolute atomic E-state index is 9.84. The normalized spacial score (nSPS) is 17.9. The Kier molecular flexibility index (Phi) is 9.19. The van der Waals surface area contributed by atoms with Gasteiger partial charge in [-0.15, -0.1) is 0 Å². The van der Waals surface area contributed by atoms with Gasteiger partial charge in [0.1, 0.15) is 24.2 Å². The average Bonchev–Trinajstić information content (AvgIpc) is 2.48. The number of rotatable bonds is 11. The van der Waals surface area contributed by atoms with Crippen LogP contribution in [-0.4, -0.2) is 36.1 Å². The Morgan fingerprint density at radius 1 is 1.24 bits per heavy atom. The van der Waals surface area contributed by atoms with E-state index < -0.39 is 6.10 Å². The van der Waals surface area contributed by atoms with E-state index in [9.17, 15) is 10.2 Å². The molecule has 121 valence electrons. The zero-order chi connectivity index (χ0) is 15.5. The van der Waals surface area contributed by atoms with Gasteiger partial charge in [0.25, 0.3) is 0 Å². The predicted molar refractivity (Wildman–Crippen MR) is 83.8 cm³/mol. The monoisotopic (exact) mass is 297 g/mol. The highest BCUT2D eigenvalue weighted by Gasteiger charge is 2.11. The zero-order valence-corrected chi connectivity index (χ0v) is 13.3. The number of unbranched alkanes of at least 4 members (excludes halogenated alkanes) is 1. The molecular weight excluding hydrogens is 268 g/mol. The van der Waals surface area contributed by atoms with Crippen LogP contribution in [0.3, 0.4) is 0 Å². The molecule has 0 spiro atoms. The molecule has 4 nitrogen and oxygen atoms in total. The van der Waals surface area contributed by atoms with E-state index in [-0.39, 0.29) is 19.0 Å². The molecule has 2 unspecified atom stereocenters. The van der Waals surface area contributed by atoms with Gasteiger partial charge in [0.15, 0.2) is 0 Å². The first kappa shape index (κ1) is 18.1. The molecule has 0 aromatic heterocycles. The Morgan fingerprint density at radius 3 is 2.71 bits per heavy atom. The van der Waals surface area contributed by atoms with Gasteiger partial charge in [0, 0.05) is 19.1 Å². The summed E-state index contributed by atoms with van der Waals surface area (Å²) in [5.41, 5.74) is 0. The van der Waals surface area contributed by atoms with Gasteiger partial charge in [-0.2, -0.15) is 0 Å². The summed E-state index contributed by atoms with van der Waals surface area (Å²) >= 11 is 0. The van der Waals surface area contributed by atoms with Crippen molar-refractivity contribution in [3.8, 4) is 0 Å². The van der Waals surface area contributed by atoms with Crippen molar-refractivity contribution in [2.45, 2.75) is 52.1 Å². The first-order valence-electron chi connectivity index (χ1n) is 7.98. The van der Waals surface area contributed by atoms with Crippen LogP contribution in [0.5, 0.6) is 0 Å². The summed E-state index contributed by atoms with van der Waals surface area (Å²) in [5, 5.41) is 19.2. The number of hydrogen-bond acceptors (Lipinski definition) is 4. The van der Waals surface area contributed by atoms with Crippen molar-refractivity contribution in [2.75, 3.05) is 19.8 Å². The van der Waals surface area contributed by atoms with Crippen LogP contribution in [0.15, 0.2) is 23.7 Å². The highest BCUT2D eigenvalue weighted by Crippen LogP contribution is 2.15. The van der Waals surface area contributed by atoms with Crippen molar-refractivity contribution in [1.82, 2.24) is 0 Å². The van der Waals surface area contributed by atoms with Crippen LogP contribution in [-0.2, 0) is 9.47 Å². The standard InChI is InChI=1S/C17H29O4/c1-3-5-7-14(4-2)11-20-12-16(19)13-21-17-9-6-8-15(18)10-17/h8-10,14,16,18-19H,3-7,11-13H2,1-2H3. The Bertz CT molecular complexity index is 336. The molecule has 0 aliphatic heterocycles. The molecule has 0 fully saturated rings. The number of aliphatic hydroxyl groups is 2. The fourth-order valence-electron chi connectivity index (χ4n) is 2.17. The van der Waals surface area contributed by atoms with Gasteiger partial charge in [0.05, 0.1) is 6.61 Å². The van der Waals surface area contributed by atoms with Crippen LogP contribution in [0, 0.1) is 12.3 Å². The molecule has 0 heterocycles. The van der Waals surface area contributed by atoms with Gasteiger partial charge >= 0.3 is 0 Å². The van der Waals surface area contributed by atoms with E-state index in [1.807, 2.05) is 6.08 Å². The van der Waals surface area contributed by atoms with Gasteiger partial charge in [-0.1, -0.05) is 33.1 Å². The van der Waals surface area contributed by atoms with Crippen molar-refractivity contribution in [1.29, 1.82) is 0 Å². The molecule has 2 atom stereocenters. The SMILES string of the molecule is CCCCC(CC)COCC(O)COC1=CC[CH]C(O)=C1. The third-order valence-corrected chi connectivity index (χ3v) is 3.59. The molecule has 1 aliphatic carbocycles. The maximum atomic E-state index is 9.84. The summed E-state index contributed by atoms with van der Waals surface area (Å²) < 4.78 is 11.0. The molecule has 21 heavy (non-hydrogen) atoms. The zero-order valence-electron chi connectivity index (χ0n) is 13.3. The third-order valence-electron chi connectivity index (χ3n) is 3.59. The fourth-order valence-corrected chi connectivity index (χ4v) is 2.17. The topological polar surface area (TPSA) is 58.9 Å². The molecule has 2 N–H and O–H groups in total. The Labute approximate surface area is 128 Å². The van der Waals surface area contributed by atoms with Gasteiger partial charge in [-0.25, -0.2) is 0 Å². The summed E-state index contributed by atoms with van der Waals surface area (Å²) in [7, 11) is 0. The first-order chi connectivity index (χ1) is 10.2. The highest BCUT2D eigenvalue weighted by atomic mass is 16.5.